The minimum absolute atomic E-state index is 0.157. The molecule has 2 rings (SSSR count). The average molecular weight is 222 g/mol. The summed E-state index contributed by atoms with van der Waals surface area (Å²) in [5, 5.41) is 9.60. The van der Waals surface area contributed by atoms with Gasteiger partial charge in [0.25, 0.3) is 0 Å². The fourth-order valence-electron chi connectivity index (χ4n) is 1.16. The first-order chi connectivity index (χ1) is 7.16. The summed E-state index contributed by atoms with van der Waals surface area (Å²) in [4.78, 5) is 8.02. The Bertz CT molecular complexity index is 502. The Balaban J connectivity index is 2.50. The maximum atomic E-state index is 9.29. The number of halogens is 1. The topological polar surface area (TPSA) is 72.0 Å². The molecular formula is C10H8ClN3O. The number of nitrogens with zero attached hydrogens (tertiary/aromatic N) is 2. The van der Waals surface area contributed by atoms with Crippen LogP contribution in [-0.4, -0.2) is 15.1 Å². The molecule has 76 valence electrons. The smallest absolute Gasteiger partial charge is 0.161 e. The normalized spacial score (nSPS) is 10.2. The second kappa shape index (κ2) is 3.74. The van der Waals surface area contributed by atoms with E-state index in [1.54, 1.807) is 24.3 Å². The van der Waals surface area contributed by atoms with Crippen molar-refractivity contribution < 1.29 is 5.11 Å². The Labute approximate surface area is 91.4 Å². The molecule has 0 aliphatic rings. The van der Waals surface area contributed by atoms with E-state index < -0.39 is 0 Å². The number of phenols is 1. The molecule has 1 heterocycles. The Morgan fingerprint density at radius 3 is 2.80 bits per heavy atom. The van der Waals surface area contributed by atoms with Gasteiger partial charge in [0.1, 0.15) is 16.6 Å². The van der Waals surface area contributed by atoms with Gasteiger partial charge in [-0.2, -0.15) is 0 Å². The van der Waals surface area contributed by atoms with Gasteiger partial charge in [-0.05, 0) is 12.1 Å². The Morgan fingerprint density at radius 1 is 1.33 bits per heavy atom. The molecule has 0 radical (unpaired) electrons. The monoisotopic (exact) mass is 221 g/mol. The number of aromatic hydroxyl groups is 1. The molecule has 5 heteroatoms. The Morgan fingerprint density at radius 2 is 2.13 bits per heavy atom. The van der Waals surface area contributed by atoms with Gasteiger partial charge in [-0.3, -0.25) is 0 Å². The van der Waals surface area contributed by atoms with E-state index >= 15 is 0 Å². The van der Waals surface area contributed by atoms with Crippen molar-refractivity contribution in [2.75, 3.05) is 5.73 Å². The van der Waals surface area contributed by atoms with Crippen molar-refractivity contribution in [3.63, 3.8) is 0 Å². The van der Waals surface area contributed by atoms with Gasteiger partial charge in [0, 0.05) is 5.56 Å². The standard InChI is InChI=1S/C10H8ClN3O/c11-8-5-13-10(14-9(8)12)6-2-1-3-7(15)4-6/h1-5,15H,(H2,12,13,14). The highest BCUT2D eigenvalue weighted by atomic mass is 35.5. The lowest BCUT2D eigenvalue weighted by Gasteiger charge is -2.02. The van der Waals surface area contributed by atoms with Gasteiger partial charge in [-0.15, -0.1) is 0 Å². The van der Waals surface area contributed by atoms with Crippen molar-refractivity contribution in [2.45, 2.75) is 0 Å². The minimum Gasteiger partial charge on any atom is -0.508 e. The van der Waals surface area contributed by atoms with Gasteiger partial charge in [0.2, 0.25) is 0 Å². The van der Waals surface area contributed by atoms with E-state index in [-0.39, 0.29) is 11.6 Å². The van der Waals surface area contributed by atoms with Gasteiger partial charge >= 0.3 is 0 Å². The lowest BCUT2D eigenvalue weighted by molar-refractivity contribution is 0.475. The van der Waals surface area contributed by atoms with Crippen LogP contribution in [0.25, 0.3) is 11.4 Å². The van der Waals surface area contributed by atoms with Gasteiger partial charge < -0.3 is 10.8 Å². The van der Waals surface area contributed by atoms with E-state index in [0.717, 1.165) is 0 Å². The molecule has 0 atom stereocenters. The predicted molar refractivity (Wildman–Crippen MR) is 58.6 cm³/mol. The molecular weight excluding hydrogens is 214 g/mol. The van der Waals surface area contributed by atoms with Crippen LogP contribution >= 0.6 is 11.6 Å². The predicted octanol–water partition coefficient (Wildman–Crippen LogP) is 2.08. The van der Waals surface area contributed by atoms with Crippen LogP contribution < -0.4 is 5.73 Å². The Kier molecular flexibility index (Phi) is 2.43. The van der Waals surface area contributed by atoms with Crippen molar-refractivity contribution in [2.24, 2.45) is 0 Å². The average Bonchev–Trinajstić information content (AvgIpc) is 2.22. The van der Waals surface area contributed by atoms with Gasteiger partial charge in [-0.1, -0.05) is 23.7 Å². The maximum Gasteiger partial charge on any atom is 0.161 e. The third-order valence-corrected chi connectivity index (χ3v) is 2.17. The Hall–Kier alpha value is -1.81. The van der Waals surface area contributed by atoms with Crippen molar-refractivity contribution >= 4 is 17.4 Å². The summed E-state index contributed by atoms with van der Waals surface area (Å²) in [5.74, 6) is 0.822. The number of rotatable bonds is 1. The molecule has 4 nitrogen and oxygen atoms in total. The number of hydrogen-bond acceptors (Lipinski definition) is 4. The highest BCUT2D eigenvalue weighted by Crippen LogP contribution is 2.22. The van der Waals surface area contributed by atoms with Crippen molar-refractivity contribution in [1.82, 2.24) is 9.97 Å². The lowest BCUT2D eigenvalue weighted by Crippen LogP contribution is -1.96. The molecule has 0 saturated carbocycles. The number of hydrogen-bond donors (Lipinski definition) is 2. The molecule has 0 aliphatic carbocycles. The molecule has 2 aromatic rings. The summed E-state index contributed by atoms with van der Waals surface area (Å²) in [7, 11) is 0. The third-order valence-electron chi connectivity index (χ3n) is 1.88. The van der Waals surface area contributed by atoms with E-state index in [1.165, 1.54) is 6.20 Å². The van der Waals surface area contributed by atoms with E-state index in [4.69, 9.17) is 17.3 Å². The van der Waals surface area contributed by atoms with Crippen LogP contribution in [0, 0.1) is 0 Å². The van der Waals surface area contributed by atoms with E-state index in [2.05, 4.69) is 9.97 Å². The fourth-order valence-corrected chi connectivity index (χ4v) is 1.26. The summed E-state index contributed by atoms with van der Waals surface area (Å²) in [6, 6.07) is 6.62. The molecule has 1 aromatic carbocycles. The molecule has 0 bridgehead atoms. The van der Waals surface area contributed by atoms with Gasteiger partial charge in [0.15, 0.2) is 5.82 Å². The van der Waals surface area contributed by atoms with Crippen LogP contribution in [-0.2, 0) is 0 Å². The molecule has 3 N–H and O–H groups in total. The summed E-state index contributed by atoms with van der Waals surface area (Å²) in [6.45, 7) is 0. The number of benzene rings is 1. The first kappa shape index (κ1) is 9.73. The zero-order valence-corrected chi connectivity index (χ0v) is 8.44. The van der Waals surface area contributed by atoms with E-state index in [0.29, 0.717) is 16.4 Å². The quantitative estimate of drug-likeness (QED) is 0.774. The number of nitrogens with two attached hydrogens (primary N) is 1. The third kappa shape index (κ3) is 1.99. The number of aromatic nitrogens is 2. The first-order valence-corrected chi connectivity index (χ1v) is 4.62. The second-order valence-corrected chi connectivity index (χ2v) is 3.38. The largest absolute Gasteiger partial charge is 0.508 e. The molecule has 1 aromatic heterocycles. The van der Waals surface area contributed by atoms with Crippen molar-refractivity contribution in [3.05, 3.63) is 35.5 Å². The number of anilines is 1. The van der Waals surface area contributed by atoms with E-state index in [1.807, 2.05) is 0 Å². The van der Waals surface area contributed by atoms with Crippen LogP contribution in [0.4, 0.5) is 5.82 Å². The zero-order chi connectivity index (χ0) is 10.8. The molecule has 0 unspecified atom stereocenters. The maximum absolute atomic E-state index is 9.29. The molecule has 15 heavy (non-hydrogen) atoms. The second-order valence-electron chi connectivity index (χ2n) is 2.98. The highest BCUT2D eigenvalue weighted by Gasteiger charge is 2.04. The molecule has 0 aliphatic heterocycles. The van der Waals surface area contributed by atoms with Crippen LogP contribution in [0.5, 0.6) is 5.75 Å². The van der Waals surface area contributed by atoms with E-state index in [9.17, 15) is 5.11 Å². The SMILES string of the molecule is Nc1nc(-c2cccc(O)c2)ncc1Cl. The zero-order valence-electron chi connectivity index (χ0n) is 7.68. The fraction of sp³-hybridized carbons (Fsp3) is 0. The van der Waals surface area contributed by atoms with Crippen LogP contribution in [0.1, 0.15) is 0 Å². The number of phenolic OH excluding ortho intramolecular Hbond substituents is 1. The number of nitrogen functional groups attached to an aromatic ring is 1. The lowest BCUT2D eigenvalue weighted by atomic mass is 10.2. The first-order valence-electron chi connectivity index (χ1n) is 4.24. The minimum atomic E-state index is 0.157. The van der Waals surface area contributed by atoms with Crippen LogP contribution in [0.2, 0.25) is 5.02 Å². The summed E-state index contributed by atoms with van der Waals surface area (Å²) >= 11 is 5.70. The van der Waals surface area contributed by atoms with Gasteiger partial charge in [-0.25, -0.2) is 9.97 Å². The van der Waals surface area contributed by atoms with Crippen LogP contribution in [0.3, 0.4) is 0 Å². The van der Waals surface area contributed by atoms with Crippen molar-refractivity contribution in [1.29, 1.82) is 0 Å². The van der Waals surface area contributed by atoms with Crippen molar-refractivity contribution in [3.8, 4) is 17.1 Å². The summed E-state index contributed by atoms with van der Waals surface area (Å²) in [5.41, 5.74) is 6.24. The highest BCUT2D eigenvalue weighted by molar-refractivity contribution is 6.32. The van der Waals surface area contributed by atoms with Gasteiger partial charge in [0.05, 0.1) is 6.20 Å². The summed E-state index contributed by atoms with van der Waals surface area (Å²) in [6.07, 6.45) is 1.43. The molecule has 0 saturated heterocycles. The molecule has 0 amide bonds. The molecule has 0 fully saturated rings. The van der Waals surface area contributed by atoms with Crippen LogP contribution in [0.15, 0.2) is 30.5 Å². The molecule has 0 spiro atoms. The summed E-state index contributed by atoms with van der Waals surface area (Å²) < 4.78 is 0.